The molecule has 0 aromatic heterocycles. The van der Waals surface area contributed by atoms with Crippen LogP contribution >= 0.6 is 0 Å². The van der Waals surface area contributed by atoms with Gasteiger partial charge in [-0.05, 0) is 25.2 Å². The molecule has 0 bridgehead atoms. The zero-order valence-electron chi connectivity index (χ0n) is 43.8. The molecule has 64 heavy (non-hydrogen) atoms. The number of unbranched alkanes of at least 4 members (excludes halogenated alkanes) is 40. The highest BCUT2D eigenvalue weighted by Crippen LogP contribution is 2.18. The molecule has 0 rings (SSSR count). The first-order valence-electron chi connectivity index (χ1n) is 28.9. The lowest BCUT2D eigenvalue weighted by molar-refractivity contribution is -0.167. The van der Waals surface area contributed by atoms with E-state index in [9.17, 15) is 14.4 Å². The van der Waals surface area contributed by atoms with E-state index in [1.807, 2.05) is 0 Å². The van der Waals surface area contributed by atoms with Gasteiger partial charge < -0.3 is 14.2 Å². The van der Waals surface area contributed by atoms with Crippen LogP contribution in [0.4, 0.5) is 0 Å². The Bertz CT molecular complexity index is 964. The molecule has 0 aromatic rings. The highest BCUT2D eigenvalue weighted by Gasteiger charge is 2.19. The molecule has 0 N–H and O–H groups in total. The Balaban J connectivity index is 4.28. The van der Waals surface area contributed by atoms with E-state index in [0.29, 0.717) is 19.3 Å². The molecule has 0 aliphatic carbocycles. The molecule has 6 nitrogen and oxygen atoms in total. The van der Waals surface area contributed by atoms with Gasteiger partial charge in [-0.1, -0.05) is 291 Å². The van der Waals surface area contributed by atoms with E-state index in [2.05, 4.69) is 27.7 Å². The summed E-state index contributed by atoms with van der Waals surface area (Å²) >= 11 is 0. The predicted molar refractivity (Wildman–Crippen MR) is 275 cm³/mol. The van der Waals surface area contributed by atoms with Gasteiger partial charge in [0.2, 0.25) is 0 Å². The molecule has 0 aromatic carbocycles. The summed E-state index contributed by atoms with van der Waals surface area (Å²) in [5.74, 6) is 0.0145. The van der Waals surface area contributed by atoms with Gasteiger partial charge in [-0.2, -0.15) is 0 Å². The lowest BCUT2D eigenvalue weighted by Gasteiger charge is -2.18. The standard InChI is InChI=1S/C58H112O6/c1-5-7-9-11-13-15-17-19-25-29-33-37-41-45-49-56(59)62-52-55(64-58(61)51-47-43-39-35-31-26-20-18-16-14-12-10-8-6-2)53-63-57(60)50-46-42-38-34-30-27-23-21-22-24-28-32-36-40-44-48-54(3)4/h54-55H,5-53H2,1-4H3/t55-/m1/s1. The fourth-order valence-corrected chi connectivity index (χ4v) is 8.92. The second-order valence-corrected chi connectivity index (χ2v) is 20.4. The SMILES string of the molecule is CCCCCCCCCCCCCCCCC(=O)OC[C@H](COC(=O)CCCCCCCCCCCCCCCCCC(C)C)OC(=O)CCCCCCCCCCCCCCCC. The minimum Gasteiger partial charge on any atom is -0.462 e. The maximum Gasteiger partial charge on any atom is 0.306 e. The van der Waals surface area contributed by atoms with Crippen LogP contribution in [-0.4, -0.2) is 37.2 Å². The number of hydrogen-bond donors (Lipinski definition) is 0. The second kappa shape index (κ2) is 52.4. The third-order valence-corrected chi connectivity index (χ3v) is 13.3. The Kier molecular flexibility index (Phi) is 51.1. The smallest absolute Gasteiger partial charge is 0.306 e. The van der Waals surface area contributed by atoms with Crippen molar-refractivity contribution in [2.75, 3.05) is 13.2 Å². The highest BCUT2D eigenvalue weighted by atomic mass is 16.6. The molecule has 0 fully saturated rings. The monoisotopic (exact) mass is 905 g/mol. The molecule has 1 atom stereocenters. The number of esters is 3. The lowest BCUT2D eigenvalue weighted by atomic mass is 10.0. The van der Waals surface area contributed by atoms with E-state index in [1.54, 1.807) is 0 Å². The van der Waals surface area contributed by atoms with Gasteiger partial charge in [0.15, 0.2) is 6.10 Å². The van der Waals surface area contributed by atoms with Crippen molar-refractivity contribution in [3.63, 3.8) is 0 Å². The van der Waals surface area contributed by atoms with Crippen molar-refractivity contribution in [3.05, 3.63) is 0 Å². The average molecular weight is 906 g/mol. The summed E-state index contributed by atoms with van der Waals surface area (Å²) in [6, 6.07) is 0. The van der Waals surface area contributed by atoms with Crippen LogP contribution in [0.5, 0.6) is 0 Å². The van der Waals surface area contributed by atoms with Crippen molar-refractivity contribution in [3.8, 4) is 0 Å². The summed E-state index contributed by atoms with van der Waals surface area (Å²) in [5.41, 5.74) is 0. The van der Waals surface area contributed by atoms with E-state index in [4.69, 9.17) is 14.2 Å². The minimum atomic E-state index is -0.761. The van der Waals surface area contributed by atoms with Crippen molar-refractivity contribution in [1.82, 2.24) is 0 Å². The Labute approximate surface area is 399 Å². The molecule has 0 spiro atoms. The van der Waals surface area contributed by atoms with Crippen molar-refractivity contribution >= 4 is 17.9 Å². The predicted octanol–water partition coefficient (Wildman–Crippen LogP) is 19.0. The maximum absolute atomic E-state index is 12.8. The van der Waals surface area contributed by atoms with Crippen LogP contribution in [0, 0.1) is 5.92 Å². The largest absolute Gasteiger partial charge is 0.462 e. The van der Waals surface area contributed by atoms with Crippen molar-refractivity contribution in [1.29, 1.82) is 0 Å². The van der Waals surface area contributed by atoms with Crippen molar-refractivity contribution in [2.24, 2.45) is 5.92 Å². The van der Waals surface area contributed by atoms with Gasteiger partial charge in [-0.3, -0.25) is 14.4 Å². The summed E-state index contributed by atoms with van der Waals surface area (Å²) in [6.45, 7) is 9.07. The Hall–Kier alpha value is -1.59. The maximum atomic E-state index is 12.8. The van der Waals surface area contributed by atoms with E-state index in [-0.39, 0.29) is 31.1 Å². The van der Waals surface area contributed by atoms with Crippen LogP contribution in [-0.2, 0) is 28.6 Å². The third-order valence-electron chi connectivity index (χ3n) is 13.3. The van der Waals surface area contributed by atoms with E-state index >= 15 is 0 Å². The molecule has 0 amide bonds. The van der Waals surface area contributed by atoms with Gasteiger partial charge in [-0.15, -0.1) is 0 Å². The van der Waals surface area contributed by atoms with Crippen LogP contribution in [0.3, 0.4) is 0 Å². The average Bonchev–Trinajstić information content (AvgIpc) is 3.28. The van der Waals surface area contributed by atoms with Crippen molar-refractivity contribution < 1.29 is 28.6 Å². The quantitative estimate of drug-likeness (QED) is 0.0344. The lowest BCUT2D eigenvalue weighted by Crippen LogP contribution is -2.30. The van der Waals surface area contributed by atoms with Crippen LogP contribution in [0.2, 0.25) is 0 Å². The summed E-state index contributed by atoms with van der Waals surface area (Å²) in [4.78, 5) is 38.1. The topological polar surface area (TPSA) is 78.9 Å². The molecule has 0 saturated heterocycles. The first-order chi connectivity index (χ1) is 31.4. The molecule has 0 heterocycles. The summed E-state index contributed by atoms with van der Waals surface area (Å²) < 4.78 is 16.9. The fraction of sp³-hybridized carbons (Fsp3) is 0.948. The van der Waals surface area contributed by atoms with Crippen LogP contribution < -0.4 is 0 Å². The Morgan fingerprint density at radius 3 is 0.766 bits per heavy atom. The zero-order chi connectivity index (χ0) is 46.7. The van der Waals surface area contributed by atoms with E-state index in [0.717, 1.165) is 63.7 Å². The molecule has 0 saturated carbocycles. The van der Waals surface area contributed by atoms with E-state index in [1.165, 1.54) is 225 Å². The van der Waals surface area contributed by atoms with Crippen LogP contribution in [0.1, 0.15) is 329 Å². The molecular formula is C58H112O6. The van der Waals surface area contributed by atoms with Gasteiger partial charge in [0, 0.05) is 19.3 Å². The second-order valence-electron chi connectivity index (χ2n) is 20.4. The van der Waals surface area contributed by atoms with Crippen LogP contribution in [0.15, 0.2) is 0 Å². The molecule has 380 valence electrons. The number of carbonyl (C=O) groups excluding carboxylic acids is 3. The number of hydrogen-bond acceptors (Lipinski definition) is 6. The van der Waals surface area contributed by atoms with Crippen molar-refractivity contribution in [2.45, 2.75) is 336 Å². The first kappa shape index (κ1) is 62.4. The van der Waals surface area contributed by atoms with Gasteiger partial charge in [-0.25, -0.2) is 0 Å². The minimum absolute atomic E-state index is 0.0617. The molecule has 6 heteroatoms. The van der Waals surface area contributed by atoms with Gasteiger partial charge >= 0.3 is 17.9 Å². The first-order valence-corrected chi connectivity index (χ1v) is 28.9. The number of carbonyl (C=O) groups is 3. The highest BCUT2D eigenvalue weighted by molar-refractivity contribution is 5.71. The van der Waals surface area contributed by atoms with Gasteiger partial charge in [0.05, 0.1) is 0 Å². The Morgan fingerprint density at radius 2 is 0.516 bits per heavy atom. The normalized spacial score (nSPS) is 12.0. The van der Waals surface area contributed by atoms with E-state index < -0.39 is 6.10 Å². The molecule has 0 unspecified atom stereocenters. The molecular weight excluding hydrogens is 793 g/mol. The third kappa shape index (κ3) is 51.4. The van der Waals surface area contributed by atoms with Gasteiger partial charge in [0.25, 0.3) is 0 Å². The number of rotatable bonds is 53. The summed E-state index contributed by atoms with van der Waals surface area (Å²) in [6.07, 6.45) is 56.6. The molecule has 0 aliphatic rings. The number of ether oxygens (including phenoxy) is 3. The summed E-state index contributed by atoms with van der Waals surface area (Å²) in [7, 11) is 0. The Morgan fingerprint density at radius 1 is 0.297 bits per heavy atom. The van der Waals surface area contributed by atoms with Gasteiger partial charge in [0.1, 0.15) is 13.2 Å². The molecule has 0 aliphatic heterocycles. The fourth-order valence-electron chi connectivity index (χ4n) is 8.92. The zero-order valence-corrected chi connectivity index (χ0v) is 43.8. The molecule has 0 radical (unpaired) electrons. The summed E-state index contributed by atoms with van der Waals surface area (Å²) in [5, 5.41) is 0. The van der Waals surface area contributed by atoms with Crippen LogP contribution in [0.25, 0.3) is 0 Å².